The molecule has 304 valence electrons. The molecule has 0 aromatic rings. The number of esters is 3. The second-order valence-corrected chi connectivity index (χ2v) is 12.9. The van der Waals surface area contributed by atoms with E-state index in [1.54, 1.807) is 0 Å². The van der Waals surface area contributed by atoms with Crippen LogP contribution in [0.3, 0.4) is 0 Å². The maximum atomic E-state index is 12.7. The molecule has 0 heterocycles. The van der Waals surface area contributed by atoms with Crippen molar-refractivity contribution in [2.75, 3.05) is 13.2 Å². The Labute approximate surface area is 334 Å². The molecule has 1 unspecified atom stereocenters. The highest BCUT2D eigenvalue weighted by molar-refractivity contribution is 5.71. The van der Waals surface area contributed by atoms with Crippen molar-refractivity contribution in [3.8, 4) is 0 Å². The molecule has 0 rings (SSSR count). The van der Waals surface area contributed by atoms with Crippen LogP contribution in [0, 0.1) is 0 Å². The van der Waals surface area contributed by atoms with Crippen LogP contribution in [-0.2, 0) is 28.6 Å². The van der Waals surface area contributed by atoms with Gasteiger partial charge in [-0.05, 0) is 83.5 Å². The molecule has 0 aromatic carbocycles. The number of allylic oxidation sites excluding steroid dienone is 22. The maximum absolute atomic E-state index is 12.7. The molecule has 6 heteroatoms. The number of hydrogen-bond donors (Lipinski definition) is 0. The van der Waals surface area contributed by atoms with Gasteiger partial charge in [-0.15, -0.1) is 0 Å². The van der Waals surface area contributed by atoms with Crippen molar-refractivity contribution >= 4 is 17.9 Å². The Hall–Kier alpha value is -4.45. The minimum Gasteiger partial charge on any atom is -0.462 e. The maximum Gasteiger partial charge on any atom is 0.306 e. The molecule has 1 atom stereocenters. The number of rotatable bonds is 34. The van der Waals surface area contributed by atoms with Crippen LogP contribution in [0.15, 0.2) is 134 Å². The van der Waals surface area contributed by atoms with Gasteiger partial charge >= 0.3 is 17.9 Å². The summed E-state index contributed by atoms with van der Waals surface area (Å²) in [5, 5.41) is 0. The van der Waals surface area contributed by atoms with Crippen LogP contribution in [0.25, 0.3) is 0 Å². The SMILES string of the molecule is CC\C=C/C=C\C=C/C=C\CCCCCC(=O)OCC(COC(=O)CCC/C=C\C/C=C\C/C=C\CC)OC(=O)CCCCC\C=C/C=C\C=C/C=C\CC. The van der Waals surface area contributed by atoms with Crippen molar-refractivity contribution in [3.63, 3.8) is 0 Å². The van der Waals surface area contributed by atoms with Crippen molar-refractivity contribution in [2.45, 2.75) is 142 Å². The third-order valence-electron chi connectivity index (χ3n) is 7.82. The Morgan fingerprint density at radius 2 is 0.764 bits per heavy atom. The molecule has 0 amide bonds. The van der Waals surface area contributed by atoms with Gasteiger partial charge in [0.05, 0.1) is 0 Å². The summed E-state index contributed by atoms with van der Waals surface area (Å²) in [5.41, 5.74) is 0. The van der Waals surface area contributed by atoms with Crippen LogP contribution in [0.5, 0.6) is 0 Å². The van der Waals surface area contributed by atoms with E-state index in [-0.39, 0.29) is 50.4 Å². The minimum atomic E-state index is -0.837. The topological polar surface area (TPSA) is 78.9 Å². The van der Waals surface area contributed by atoms with Crippen LogP contribution in [0.2, 0.25) is 0 Å². The monoisotopic (exact) mass is 757 g/mol. The van der Waals surface area contributed by atoms with E-state index < -0.39 is 6.10 Å². The van der Waals surface area contributed by atoms with E-state index in [1.807, 2.05) is 72.9 Å². The van der Waals surface area contributed by atoms with Crippen LogP contribution in [0.1, 0.15) is 136 Å². The number of hydrogen-bond acceptors (Lipinski definition) is 6. The van der Waals surface area contributed by atoms with Crippen LogP contribution in [0.4, 0.5) is 0 Å². The normalized spacial score (nSPS) is 13.4. The molecule has 0 aliphatic carbocycles. The van der Waals surface area contributed by atoms with Crippen molar-refractivity contribution in [1.29, 1.82) is 0 Å². The van der Waals surface area contributed by atoms with Crippen molar-refractivity contribution in [1.82, 2.24) is 0 Å². The molecule has 0 spiro atoms. The fraction of sp³-hybridized carbons (Fsp3) is 0.490. The lowest BCUT2D eigenvalue weighted by atomic mass is 10.1. The average Bonchev–Trinajstić information content (AvgIpc) is 3.18. The summed E-state index contributed by atoms with van der Waals surface area (Å²) < 4.78 is 16.5. The predicted molar refractivity (Wildman–Crippen MR) is 232 cm³/mol. The molecule has 0 fully saturated rings. The Morgan fingerprint density at radius 3 is 1.25 bits per heavy atom. The lowest BCUT2D eigenvalue weighted by Gasteiger charge is -2.18. The molecule has 0 radical (unpaired) electrons. The van der Waals surface area contributed by atoms with E-state index in [1.165, 1.54) is 0 Å². The first kappa shape index (κ1) is 50.5. The van der Waals surface area contributed by atoms with Crippen molar-refractivity contribution in [2.24, 2.45) is 0 Å². The van der Waals surface area contributed by atoms with E-state index in [9.17, 15) is 14.4 Å². The molecule has 0 saturated heterocycles. The van der Waals surface area contributed by atoms with E-state index in [0.29, 0.717) is 19.3 Å². The van der Waals surface area contributed by atoms with Gasteiger partial charge in [0.1, 0.15) is 13.2 Å². The highest BCUT2D eigenvalue weighted by Gasteiger charge is 2.19. The zero-order valence-corrected chi connectivity index (χ0v) is 34.4. The summed E-state index contributed by atoms with van der Waals surface area (Å²) in [5.74, 6) is -1.09. The third-order valence-corrected chi connectivity index (χ3v) is 7.82. The van der Waals surface area contributed by atoms with Gasteiger partial charge in [-0.3, -0.25) is 14.4 Å². The van der Waals surface area contributed by atoms with E-state index in [4.69, 9.17) is 14.2 Å². The van der Waals surface area contributed by atoms with E-state index in [0.717, 1.165) is 77.0 Å². The lowest BCUT2D eigenvalue weighted by Crippen LogP contribution is -2.30. The Balaban J connectivity index is 4.64. The summed E-state index contributed by atoms with van der Waals surface area (Å²) in [7, 11) is 0. The van der Waals surface area contributed by atoms with Gasteiger partial charge in [0.25, 0.3) is 0 Å². The Kier molecular flexibility index (Phi) is 38.9. The smallest absolute Gasteiger partial charge is 0.306 e. The van der Waals surface area contributed by atoms with Crippen LogP contribution < -0.4 is 0 Å². The lowest BCUT2D eigenvalue weighted by molar-refractivity contribution is -0.167. The molecular formula is C49H72O6. The van der Waals surface area contributed by atoms with E-state index in [2.05, 4.69) is 81.5 Å². The van der Waals surface area contributed by atoms with Gasteiger partial charge in [0, 0.05) is 19.3 Å². The van der Waals surface area contributed by atoms with Gasteiger partial charge < -0.3 is 14.2 Å². The Morgan fingerprint density at radius 1 is 0.382 bits per heavy atom. The first-order valence-corrected chi connectivity index (χ1v) is 20.8. The van der Waals surface area contributed by atoms with Gasteiger partial charge in [0.2, 0.25) is 0 Å². The standard InChI is InChI=1S/C49H72O6/c1-4-7-10-13-16-19-22-24-27-30-33-36-39-42-48(51)54-45-46(44-53-47(50)41-38-35-32-29-26-21-18-15-12-9-6-3)55-49(52)43-40-37-34-31-28-25-23-20-17-14-11-8-5-2/h7-14,16-25,27-29,32,46H,4-6,15,26,30-31,33-45H2,1-3H3/b10-7-,11-8-,12-9-,16-13-,17-14-,21-18-,22-19-,23-20-,27-24-,28-25-,32-29-. The molecular weight excluding hydrogens is 685 g/mol. The van der Waals surface area contributed by atoms with Gasteiger partial charge in [0.15, 0.2) is 6.10 Å². The summed E-state index contributed by atoms with van der Waals surface area (Å²) in [6.07, 6.45) is 58.7. The zero-order valence-electron chi connectivity index (χ0n) is 34.4. The summed E-state index contributed by atoms with van der Waals surface area (Å²) >= 11 is 0. The molecule has 0 aliphatic rings. The molecule has 55 heavy (non-hydrogen) atoms. The predicted octanol–water partition coefficient (Wildman–Crippen LogP) is 13.2. The first-order valence-electron chi connectivity index (χ1n) is 20.8. The second-order valence-electron chi connectivity index (χ2n) is 12.9. The van der Waals surface area contributed by atoms with Crippen LogP contribution in [-0.4, -0.2) is 37.2 Å². The molecule has 0 aromatic heterocycles. The fourth-order valence-corrected chi connectivity index (χ4v) is 4.78. The highest BCUT2D eigenvalue weighted by Crippen LogP contribution is 2.10. The van der Waals surface area contributed by atoms with Gasteiger partial charge in [-0.2, -0.15) is 0 Å². The second kappa shape index (κ2) is 42.3. The summed E-state index contributed by atoms with van der Waals surface area (Å²) in [4.78, 5) is 37.6. The van der Waals surface area contributed by atoms with Gasteiger partial charge in [-0.1, -0.05) is 167 Å². The number of unbranched alkanes of at least 4 members (excludes halogenated alkanes) is 7. The van der Waals surface area contributed by atoms with E-state index >= 15 is 0 Å². The largest absolute Gasteiger partial charge is 0.462 e. The zero-order chi connectivity index (χ0) is 40.1. The fourth-order valence-electron chi connectivity index (χ4n) is 4.78. The first-order chi connectivity index (χ1) is 27.0. The summed E-state index contributed by atoms with van der Waals surface area (Å²) in [6.45, 7) is 6.06. The molecule has 0 bridgehead atoms. The average molecular weight is 757 g/mol. The van der Waals surface area contributed by atoms with Crippen LogP contribution >= 0.6 is 0 Å². The molecule has 0 saturated carbocycles. The van der Waals surface area contributed by atoms with Gasteiger partial charge in [-0.25, -0.2) is 0 Å². The molecule has 6 nitrogen and oxygen atoms in total. The Bertz CT molecular complexity index is 1280. The molecule has 0 aliphatic heterocycles. The third kappa shape index (κ3) is 40.6. The number of ether oxygens (including phenoxy) is 3. The number of carbonyl (C=O) groups is 3. The van der Waals surface area contributed by atoms with Crippen molar-refractivity contribution < 1.29 is 28.6 Å². The quantitative estimate of drug-likeness (QED) is 0.0214. The summed E-state index contributed by atoms with van der Waals surface area (Å²) in [6, 6.07) is 0. The van der Waals surface area contributed by atoms with Crippen molar-refractivity contribution in [3.05, 3.63) is 134 Å². The minimum absolute atomic E-state index is 0.136. The highest BCUT2D eigenvalue weighted by atomic mass is 16.6. The molecule has 0 N–H and O–H groups in total. The number of carbonyl (C=O) groups excluding carboxylic acids is 3.